The molecule has 5 nitrogen and oxygen atoms in total. The van der Waals surface area contributed by atoms with Gasteiger partial charge in [0.15, 0.2) is 0 Å². The molecule has 2 amide bonds. The molecule has 0 fully saturated rings. The highest BCUT2D eigenvalue weighted by Gasteiger charge is 2.23. The molecule has 13 heavy (non-hydrogen) atoms. The summed E-state index contributed by atoms with van der Waals surface area (Å²) in [6.07, 6.45) is -0.825. The number of carbonyl (C=O) groups excluding carboxylic acids is 2. The number of imide groups is 1. The number of alkyl halides is 1. The van der Waals surface area contributed by atoms with Crippen LogP contribution in [0, 0.1) is 0 Å². The van der Waals surface area contributed by atoms with Gasteiger partial charge < -0.3 is 4.74 Å². The van der Waals surface area contributed by atoms with Crippen LogP contribution >= 0.6 is 22.6 Å². The molecule has 0 spiro atoms. The number of nitrogens with zero attached hydrogens (tertiary/aromatic N) is 1. The molecule has 0 atom stereocenters. The second kappa shape index (κ2) is 4.75. The lowest BCUT2D eigenvalue weighted by Crippen LogP contribution is -2.46. The Kier molecular flexibility index (Phi) is 4.62. The highest BCUT2D eigenvalue weighted by molar-refractivity contribution is 14.1. The normalized spacial score (nSPS) is 10.8. The van der Waals surface area contributed by atoms with E-state index in [4.69, 9.17) is 10.6 Å². The zero-order valence-electron chi connectivity index (χ0n) is 7.83. The molecule has 2 N–H and O–H groups in total. The van der Waals surface area contributed by atoms with Crippen LogP contribution in [0.15, 0.2) is 0 Å². The molecule has 0 aromatic rings. The molecule has 0 aliphatic heterocycles. The summed E-state index contributed by atoms with van der Waals surface area (Å²) in [5, 5.41) is 0.484. The Bertz CT molecular complexity index is 212. The summed E-state index contributed by atoms with van der Waals surface area (Å²) < 4.78 is 5.01. The minimum Gasteiger partial charge on any atom is -0.442 e. The minimum absolute atomic E-state index is 0.146. The first-order valence-corrected chi connectivity index (χ1v) is 5.17. The second-order valence-electron chi connectivity index (χ2n) is 3.38. The van der Waals surface area contributed by atoms with Crippen LogP contribution < -0.4 is 5.84 Å². The summed E-state index contributed by atoms with van der Waals surface area (Å²) in [5.41, 5.74) is -0.639. The number of hydrogen-bond donors (Lipinski definition) is 1. The van der Waals surface area contributed by atoms with E-state index in [1.54, 1.807) is 20.8 Å². The Morgan fingerprint density at radius 1 is 1.46 bits per heavy atom. The molecular formula is C7H13IN2O3. The zero-order chi connectivity index (χ0) is 10.6. The number of amides is 2. The van der Waals surface area contributed by atoms with Crippen LogP contribution in [0.25, 0.3) is 0 Å². The van der Waals surface area contributed by atoms with Gasteiger partial charge in [-0.2, -0.15) is 5.01 Å². The Morgan fingerprint density at radius 2 is 1.92 bits per heavy atom. The number of nitrogens with two attached hydrogens (primary N) is 1. The minimum atomic E-state index is -0.825. The number of rotatable bonds is 1. The summed E-state index contributed by atoms with van der Waals surface area (Å²) in [7, 11) is 0. The Morgan fingerprint density at radius 3 is 2.23 bits per heavy atom. The van der Waals surface area contributed by atoms with Gasteiger partial charge in [-0.15, -0.1) is 0 Å². The number of carbonyl (C=O) groups is 2. The van der Waals surface area contributed by atoms with E-state index in [0.29, 0.717) is 5.01 Å². The van der Waals surface area contributed by atoms with Gasteiger partial charge in [-0.25, -0.2) is 10.6 Å². The van der Waals surface area contributed by atoms with Crippen LogP contribution in [-0.4, -0.2) is 27.0 Å². The molecule has 0 radical (unpaired) electrons. The monoisotopic (exact) mass is 300 g/mol. The van der Waals surface area contributed by atoms with Gasteiger partial charge >= 0.3 is 6.09 Å². The second-order valence-corrected chi connectivity index (χ2v) is 4.14. The molecule has 0 heterocycles. The van der Waals surface area contributed by atoms with Gasteiger partial charge in [-0.3, -0.25) is 4.79 Å². The van der Waals surface area contributed by atoms with Crippen molar-refractivity contribution in [1.29, 1.82) is 0 Å². The standard InChI is InChI=1S/C7H13IN2O3/c1-7(2,3)13-6(12)10(9)5(11)4-8/h4,9H2,1-3H3. The van der Waals surface area contributed by atoms with E-state index in [2.05, 4.69) is 0 Å². The van der Waals surface area contributed by atoms with Crippen LogP contribution in [0.1, 0.15) is 20.8 Å². The Hall–Kier alpha value is -0.370. The number of halogens is 1. The summed E-state index contributed by atoms with van der Waals surface area (Å²) in [6, 6.07) is 0. The number of hydrazine groups is 1. The van der Waals surface area contributed by atoms with Gasteiger partial charge in [0.05, 0.1) is 4.43 Å². The van der Waals surface area contributed by atoms with Crippen molar-refractivity contribution in [2.75, 3.05) is 4.43 Å². The third-order valence-corrected chi connectivity index (χ3v) is 1.63. The van der Waals surface area contributed by atoms with Gasteiger partial charge in [0, 0.05) is 0 Å². The molecule has 0 bridgehead atoms. The topological polar surface area (TPSA) is 72.6 Å². The maximum atomic E-state index is 11.1. The van der Waals surface area contributed by atoms with Crippen molar-refractivity contribution in [3.05, 3.63) is 0 Å². The Balaban J connectivity index is 4.20. The predicted molar refractivity (Wildman–Crippen MR) is 56.2 cm³/mol. The fourth-order valence-electron chi connectivity index (χ4n) is 0.477. The summed E-state index contributed by atoms with van der Waals surface area (Å²) in [4.78, 5) is 22.0. The lowest BCUT2D eigenvalue weighted by molar-refractivity contribution is -0.127. The van der Waals surface area contributed by atoms with E-state index in [9.17, 15) is 9.59 Å². The highest BCUT2D eigenvalue weighted by Crippen LogP contribution is 2.08. The molecular weight excluding hydrogens is 287 g/mol. The lowest BCUT2D eigenvalue weighted by Gasteiger charge is -2.22. The first-order chi connectivity index (χ1) is 5.78. The van der Waals surface area contributed by atoms with Crippen molar-refractivity contribution in [3.8, 4) is 0 Å². The molecule has 0 rings (SSSR count). The summed E-state index contributed by atoms with van der Waals surface area (Å²) >= 11 is 1.82. The largest absolute Gasteiger partial charge is 0.442 e. The van der Waals surface area contributed by atoms with E-state index in [-0.39, 0.29) is 4.43 Å². The van der Waals surface area contributed by atoms with Crippen LogP contribution in [0.5, 0.6) is 0 Å². The van der Waals surface area contributed by atoms with Gasteiger partial charge in [0.1, 0.15) is 5.60 Å². The van der Waals surface area contributed by atoms with Crippen molar-refractivity contribution in [3.63, 3.8) is 0 Å². The average molecular weight is 300 g/mol. The maximum absolute atomic E-state index is 11.1. The van der Waals surface area contributed by atoms with Crippen molar-refractivity contribution in [1.82, 2.24) is 5.01 Å². The fraction of sp³-hybridized carbons (Fsp3) is 0.714. The van der Waals surface area contributed by atoms with Gasteiger partial charge in [0.25, 0.3) is 5.91 Å². The van der Waals surface area contributed by atoms with Crippen molar-refractivity contribution in [2.45, 2.75) is 26.4 Å². The van der Waals surface area contributed by atoms with Crippen LogP contribution in [0.3, 0.4) is 0 Å². The van der Waals surface area contributed by atoms with Gasteiger partial charge in [0.2, 0.25) is 0 Å². The van der Waals surface area contributed by atoms with Crippen LogP contribution in [-0.2, 0) is 9.53 Å². The van der Waals surface area contributed by atoms with Crippen molar-refractivity contribution >= 4 is 34.6 Å². The van der Waals surface area contributed by atoms with E-state index in [1.807, 2.05) is 22.6 Å². The number of hydrogen-bond acceptors (Lipinski definition) is 4. The summed E-state index contributed by atoms with van der Waals surface area (Å²) in [5.74, 6) is 4.71. The molecule has 0 aliphatic rings. The molecule has 0 aromatic heterocycles. The van der Waals surface area contributed by atoms with Crippen molar-refractivity contribution < 1.29 is 14.3 Å². The van der Waals surface area contributed by atoms with E-state index in [1.165, 1.54) is 0 Å². The maximum Gasteiger partial charge on any atom is 0.431 e. The van der Waals surface area contributed by atoms with Gasteiger partial charge in [-0.1, -0.05) is 22.6 Å². The molecule has 0 unspecified atom stereocenters. The molecule has 76 valence electrons. The van der Waals surface area contributed by atoms with Crippen molar-refractivity contribution in [2.24, 2.45) is 5.84 Å². The molecule has 0 aromatic carbocycles. The lowest BCUT2D eigenvalue weighted by atomic mass is 10.2. The van der Waals surface area contributed by atoms with Gasteiger partial charge in [-0.05, 0) is 20.8 Å². The van der Waals surface area contributed by atoms with Crippen LogP contribution in [0.2, 0.25) is 0 Å². The molecule has 6 heteroatoms. The first-order valence-electron chi connectivity index (χ1n) is 3.64. The molecule has 0 saturated carbocycles. The zero-order valence-corrected chi connectivity index (χ0v) is 9.99. The molecule has 0 saturated heterocycles. The highest BCUT2D eigenvalue weighted by atomic mass is 127. The smallest absolute Gasteiger partial charge is 0.431 e. The third-order valence-electron chi connectivity index (χ3n) is 0.973. The van der Waals surface area contributed by atoms with E-state index >= 15 is 0 Å². The first kappa shape index (κ1) is 12.6. The number of ether oxygens (including phenoxy) is 1. The van der Waals surface area contributed by atoms with E-state index < -0.39 is 17.6 Å². The van der Waals surface area contributed by atoms with Crippen LogP contribution in [0.4, 0.5) is 4.79 Å². The quantitative estimate of drug-likeness (QED) is 0.258. The van der Waals surface area contributed by atoms with E-state index in [0.717, 1.165) is 0 Å². The Labute approximate surface area is 90.7 Å². The average Bonchev–Trinajstić information content (AvgIpc) is 1.98. The third kappa shape index (κ3) is 5.04. The molecule has 0 aliphatic carbocycles. The predicted octanol–water partition coefficient (Wildman–Crippen LogP) is 1.06. The fourth-order valence-corrected chi connectivity index (χ4v) is 0.845. The summed E-state index contributed by atoms with van der Waals surface area (Å²) in [6.45, 7) is 5.10. The SMILES string of the molecule is CC(C)(C)OC(=O)N(N)C(=O)CI.